The number of aromatic nitrogens is 1. The van der Waals surface area contributed by atoms with E-state index in [2.05, 4.69) is 16.9 Å². The van der Waals surface area contributed by atoms with Gasteiger partial charge in [-0.3, -0.25) is 9.78 Å². The number of fused-ring (bicyclic) bond motifs is 1. The number of carbonyl (C=O) groups excluding carboxylic acids is 1. The molecule has 1 saturated heterocycles. The largest absolute Gasteiger partial charge is 0.337 e. The second kappa shape index (κ2) is 5.65. The third kappa shape index (κ3) is 2.68. The number of pyridine rings is 1. The van der Waals surface area contributed by atoms with Crippen molar-refractivity contribution in [2.45, 2.75) is 19.4 Å². The number of likely N-dealkylation sites (tertiary alicyclic amines) is 1. The Balaban J connectivity index is 2.00. The molecule has 0 saturated carbocycles. The molecule has 1 atom stereocenters. The van der Waals surface area contributed by atoms with Crippen LogP contribution >= 0.6 is 0 Å². The molecule has 116 valence electrons. The molecule has 1 amide bonds. The number of rotatable bonds is 2. The van der Waals surface area contributed by atoms with Crippen LogP contribution in [-0.4, -0.2) is 53.9 Å². The van der Waals surface area contributed by atoms with Crippen molar-refractivity contribution in [1.82, 2.24) is 14.8 Å². The van der Waals surface area contributed by atoms with Gasteiger partial charge < -0.3 is 9.80 Å². The number of nitrogens with zero attached hydrogens (tertiary/aromatic N) is 3. The van der Waals surface area contributed by atoms with Crippen LogP contribution < -0.4 is 0 Å². The van der Waals surface area contributed by atoms with Crippen molar-refractivity contribution in [2.24, 2.45) is 0 Å². The Hall–Kier alpha value is -2.01. The summed E-state index contributed by atoms with van der Waals surface area (Å²) in [4.78, 5) is 21.2. The Labute approximate surface area is 129 Å². The van der Waals surface area contributed by atoms with Gasteiger partial charge in [-0.2, -0.15) is 0 Å². The Morgan fingerprint density at radius 2 is 2.18 bits per heavy atom. The maximum atomic E-state index is 13.4. The van der Waals surface area contributed by atoms with Gasteiger partial charge in [-0.1, -0.05) is 0 Å². The monoisotopic (exact) mass is 301 g/mol. The molecule has 0 N–H and O–H groups in total. The van der Waals surface area contributed by atoms with Gasteiger partial charge in [0.2, 0.25) is 0 Å². The molecule has 2 aromatic rings. The normalized spacial score (nSPS) is 18.8. The second-order valence-corrected chi connectivity index (χ2v) is 6.09. The summed E-state index contributed by atoms with van der Waals surface area (Å²) < 4.78 is 13.4. The summed E-state index contributed by atoms with van der Waals surface area (Å²) >= 11 is 0. The smallest absolute Gasteiger partial charge is 0.254 e. The number of hydrogen-bond donors (Lipinski definition) is 0. The molecule has 1 fully saturated rings. The van der Waals surface area contributed by atoms with Gasteiger partial charge in [0.05, 0.1) is 11.1 Å². The van der Waals surface area contributed by atoms with Gasteiger partial charge >= 0.3 is 0 Å². The summed E-state index contributed by atoms with van der Waals surface area (Å²) in [5.41, 5.74) is 1.85. The standard InChI is InChI=1S/C17H20FN3O/c1-11-8-15(14-5-4-12(18)9-16(14)19-11)17(22)21(3)13-6-7-20(2)10-13/h4-5,8-9,13H,6-7,10H2,1-3H3/t13-/m1/s1. The highest BCUT2D eigenvalue weighted by Crippen LogP contribution is 2.23. The summed E-state index contributed by atoms with van der Waals surface area (Å²) in [5, 5.41) is 0.704. The lowest BCUT2D eigenvalue weighted by Crippen LogP contribution is -2.38. The minimum absolute atomic E-state index is 0.0255. The molecule has 1 aromatic carbocycles. The summed E-state index contributed by atoms with van der Waals surface area (Å²) in [7, 11) is 3.91. The summed E-state index contributed by atoms with van der Waals surface area (Å²) in [6, 6.07) is 6.40. The number of hydrogen-bond acceptors (Lipinski definition) is 3. The lowest BCUT2D eigenvalue weighted by Gasteiger charge is -2.25. The Morgan fingerprint density at radius 1 is 1.41 bits per heavy atom. The first-order chi connectivity index (χ1) is 10.5. The lowest BCUT2D eigenvalue weighted by atomic mass is 10.1. The molecule has 0 aliphatic carbocycles. The number of benzene rings is 1. The molecule has 0 radical (unpaired) electrons. The van der Waals surface area contributed by atoms with Gasteiger partial charge in [0, 0.05) is 36.8 Å². The average molecular weight is 301 g/mol. The van der Waals surface area contributed by atoms with Crippen molar-refractivity contribution in [3.05, 3.63) is 41.3 Å². The van der Waals surface area contributed by atoms with E-state index in [0.29, 0.717) is 16.5 Å². The zero-order valence-corrected chi connectivity index (χ0v) is 13.1. The molecule has 4 nitrogen and oxygen atoms in total. The van der Waals surface area contributed by atoms with Crippen LogP contribution in [0.4, 0.5) is 4.39 Å². The fraction of sp³-hybridized carbons (Fsp3) is 0.412. The highest BCUT2D eigenvalue weighted by molar-refractivity contribution is 6.06. The lowest BCUT2D eigenvalue weighted by molar-refractivity contribution is 0.0739. The minimum Gasteiger partial charge on any atom is -0.337 e. The quantitative estimate of drug-likeness (QED) is 0.855. The highest BCUT2D eigenvalue weighted by Gasteiger charge is 2.28. The third-order valence-electron chi connectivity index (χ3n) is 4.36. The van der Waals surface area contributed by atoms with E-state index in [1.807, 2.05) is 14.0 Å². The first kappa shape index (κ1) is 14.9. The topological polar surface area (TPSA) is 36.4 Å². The van der Waals surface area contributed by atoms with E-state index in [1.165, 1.54) is 12.1 Å². The predicted octanol–water partition coefficient (Wildman–Crippen LogP) is 2.46. The van der Waals surface area contributed by atoms with Crippen LogP contribution in [0.1, 0.15) is 22.5 Å². The van der Waals surface area contributed by atoms with Crippen LogP contribution in [0.2, 0.25) is 0 Å². The van der Waals surface area contributed by atoms with E-state index in [9.17, 15) is 9.18 Å². The molecule has 1 aliphatic heterocycles. The first-order valence-electron chi connectivity index (χ1n) is 7.48. The molecule has 0 unspecified atom stereocenters. The number of aryl methyl sites for hydroxylation is 1. The molecule has 0 bridgehead atoms. The van der Waals surface area contributed by atoms with Crippen LogP contribution in [0, 0.1) is 12.7 Å². The van der Waals surface area contributed by atoms with Crippen molar-refractivity contribution >= 4 is 16.8 Å². The van der Waals surface area contributed by atoms with E-state index in [-0.39, 0.29) is 17.8 Å². The van der Waals surface area contributed by atoms with Crippen molar-refractivity contribution in [1.29, 1.82) is 0 Å². The second-order valence-electron chi connectivity index (χ2n) is 6.09. The van der Waals surface area contributed by atoms with Gasteiger partial charge in [-0.15, -0.1) is 0 Å². The molecule has 22 heavy (non-hydrogen) atoms. The fourth-order valence-electron chi connectivity index (χ4n) is 3.09. The fourth-order valence-corrected chi connectivity index (χ4v) is 3.09. The molecule has 2 heterocycles. The number of carbonyl (C=O) groups is 1. The van der Waals surface area contributed by atoms with Crippen LogP contribution in [0.25, 0.3) is 10.9 Å². The van der Waals surface area contributed by atoms with E-state index in [4.69, 9.17) is 0 Å². The van der Waals surface area contributed by atoms with Gasteiger partial charge in [-0.25, -0.2) is 4.39 Å². The number of halogens is 1. The summed E-state index contributed by atoms with van der Waals surface area (Å²) in [5.74, 6) is -0.364. The zero-order valence-electron chi connectivity index (χ0n) is 13.1. The maximum absolute atomic E-state index is 13.4. The third-order valence-corrected chi connectivity index (χ3v) is 4.36. The molecule has 1 aliphatic rings. The molecular formula is C17H20FN3O. The Bertz CT molecular complexity index is 726. The number of likely N-dealkylation sites (N-methyl/N-ethyl adjacent to an activating group) is 2. The number of amides is 1. The van der Waals surface area contributed by atoms with E-state index in [0.717, 1.165) is 25.2 Å². The highest BCUT2D eigenvalue weighted by atomic mass is 19.1. The van der Waals surface area contributed by atoms with Crippen LogP contribution in [0.3, 0.4) is 0 Å². The SMILES string of the molecule is Cc1cc(C(=O)N(C)[C@@H]2CCN(C)C2)c2ccc(F)cc2n1. The summed E-state index contributed by atoms with van der Waals surface area (Å²) in [6.45, 7) is 3.72. The van der Waals surface area contributed by atoms with Crippen molar-refractivity contribution < 1.29 is 9.18 Å². The van der Waals surface area contributed by atoms with Crippen LogP contribution in [0.15, 0.2) is 24.3 Å². The minimum atomic E-state index is -0.338. The van der Waals surface area contributed by atoms with E-state index >= 15 is 0 Å². The van der Waals surface area contributed by atoms with Gasteiger partial charge in [0.15, 0.2) is 0 Å². The molecule has 3 rings (SSSR count). The van der Waals surface area contributed by atoms with Gasteiger partial charge in [0.25, 0.3) is 5.91 Å². The molecule has 0 spiro atoms. The molecular weight excluding hydrogens is 281 g/mol. The van der Waals surface area contributed by atoms with Crippen molar-refractivity contribution in [3.63, 3.8) is 0 Å². The Morgan fingerprint density at radius 3 is 2.86 bits per heavy atom. The van der Waals surface area contributed by atoms with Crippen LogP contribution in [-0.2, 0) is 0 Å². The van der Waals surface area contributed by atoms with E-state index in [1.54, 1.807) is 17.0 Å². The molecule has 1 aromatic heterocycles. The van der Waals surface area contributed by atoms with E-state index < -0.39 is 0 Å². The van der Waals surface area contributed by atoms with Gasteiger partial charge in [-0.05, 0) is 45.1 Å². The van der Waals surface area contributed by atoms with Crippen molar-refractivity contribution in [3.8, 4) is 0 Å². The Kier molecular flexibility index (Phi) is 3.83. The molecule has 5 heteroatoms. The van der Waals surface area contributed by atoms with Crippen molar-refractivity contribution in [2.75, 3.05) is 27.2 Å². The summed E-state index contributed by atoms with van der Waals surface area (Å²) in [6.07, 6.45) is 0.982. The van der Waals surface area contributed by atoms with Crippen LogP contribution in [0.5, 0.6) is 0 Å². The zero-order chi connectivity index (χ0) is 15.9. The predicted molar refractivity (Wildman–Crippen MR) is 84.4 cm³/mol. The van der Waals surface area contributed by atoms with Gasteiger partial charge in [0.1, 0.15) is 5.82 Å². The average Bonchev–Trinajstić information content (AvgIpc) is 2.91. The maximum Gasteiger partial charge on any atom is 0.254 e. The first-order valence-corrected chi connectivity index (χ1v) is 7.48.